The third-order valence-electron chi connectivity index (χ3n) is 6.50. The lowest BCUT2D eigenvalue weighted by Crippen LogP contribution is -2.40. The first-order valence-electron chi connectivity index (χ1n) is 12.3. The van der Waals surface area contributed by atoms with Crippen molar-refractivity contribution >= 4 is 66.6 Å². The van der Waals surface area contributed by atoms with Gasteiger partial charge < -0.3 is 9.47 Å². The van der Waals surface area contributed by atoms with E-state index in [0.717, 1.165) is 44.0 Å². The monoisotopic (exact) mass is 600 g/mol. The van der Waals surface area contributed by atoms with E-state index in [2.05, 4.69) is 9.88 Å². The minimum Gasteiger partial charge on any atom is -0.379 e. The normalized spacial score (nSPS) is 17.3. The van der Waals surface area contributed by atoms with Crippen LogP contribution >= 0.6 is 35.3 Å². The standard InChI is InChI=1S/C25H29ClN4O5S2.ClH/c26-21-3-1-4-22-23(21)27-25(36-22)30(10-2-9-28-11-15-34-16-12-28)24(31)19-5-7-20(8-6-19)37(32,33)29-13-17-35-18-14-29;/h1,3-8H,2,9-18H2;1H. The van der Waals surface area contributed by atoms with Crippen molar-refractivity contribution in [3.05, 3.63) is 53.1 Å². The number of amides is 1. The summed E-state index contributed by atoms with van der Waals surface area (Å²) in [5.41, 5.74) is 1.07. The molecular formula is C25H30Cl2N4O5S2. The van der Waals surface area contributed by atoms with Crippen LogP contribution in [0.15, 0.2) is 47.4 Å². The summed E-state index contributed by atoms with van der Waals surface area (Å²) in [4.78, 5) is 22.6. The Labute approximate surface area is 237 Å². The van der Waals surface area contributed by atoms with E-state index in [4.69, 9.17) is 21.1 Å². The molecule has 3 aromatic rings. The molecular weight excluding hydrogens is 571 g/mol. The molecule has 1 amide bonds. The van der Waals surface area contributed by atoms with Gasteiger partial charge in [0.1, 0.15) is 5.52 Å². The minimum absolute atomic E-state index is 0. The molecule has 2 fully saturated rings. The summed E-state index contributed by atoms with van der Waals surface area (Å²) in [5, 5.41) is 1.11. The van der Waals surface area contributed by atoms with Gasteiger partial charge in [0.2, 0.25) is 10.0 Å². The number of carbonyl (C=O) groups is 1. The number of hydrogen-bond donors (Lipinski definition) is 0. The van der Waals surface area contributed by atoms with Gasteiger partial charge in [-0.1, -0.05) is 29.0 Å². The second-order valence-electron chi connectivity index (χ2n) is 8.89. The Balaban J connectivity index is 0.00000336. The van der Waals surface area contributed by atoms with Gasteiger partial charge in [0.15, 0.2) is 5.13 Å². The molecule has 0 spiro atoms. The van der Waals surface area contributed by atoms with Crippen molar-refractivity contribution in [3.63, 3.8) is 0 Å². The number of thiazole rings is 1. The first-order valence-corrected chi connectivity index (χ1v) is 14.9. The molecule has 2 aromatic carbocycles. The third kappa shape index (κ3) is 6.48. The number of carbonyl (C=O) groups excluding carboxylic acids is 1. The molecule has 0 unspecified atom stereocenters. The quantitative estimate of drug-likeness (QED) is 0.388. The number of anilines is 1. The molecule has 38 heavy (non-hydrogen) atoms. The van der Waals surface area contributed by atoms with Crippen LogP contribution in [0.25, 0.3) is 10.2 Å². The number of hydrogen-bond acceptors (Lipinski definition) is 8. The van der Waals surface area contributed by atoms with Crippen LogP contribution in [0.5, 0.6) is 0 Å². The third-order valence-corrected chi connectivity index (χ3v) is 9.76. The average Bonchev–Trinajstić information content (AvgIpc) is 3.37. The van der Waals surface area contributed by atoms with Crippen LogP contribution in [0.1, 0.15) is 16.8 Å². The maximum atomic E-state index is 13.7. The molecule has 9 nitrogen and oxygen atoms in total. The second kappa shape index (κ2) is 13.0. The molecule has 0 N–H and O–H groups in total. The number of nitrogens with zero attached hydrogens (tertiary/aromatic N) is 4. The lowest BCUT2D eigenvalue weighted by Gasteiger charge is -2.28. The summed E-state index contributed by atoms with van der Waals surface area (Å²) < 4.78 is 39.0. The van der Waals surface area contributed by atoms with Gasteiger partial charge in [-0.3, -0.25) is 14.6 Å². The van der Waals surface area contributed by atoms with Crippen LogP contribution in [0, 0.1) is 0 Å². The number of sulfonamides is 1. The molecule has 2 saturated heterocycles. The molecule has 13 heteroatoms. The first-order chi connectivity index (χ1) is 17.9. The Kier molecular flexibility index (Phi) is 9.99. The fourth-order valence-electron chi connectivity index (χ4n) is 4.44. The van der Waals surface area contributed by atoms with Gasteiger partial charge in [-0.15, -0.1) is 12.4 Å². The van der Waals surface area contributed by atoms with Crippen molar-refractivity contribution in [2.45, 2.75) is 11.3 Å². The zero-order valence-corrected chi connectivity index (χ0v) is 24.0. The number of para-hydroxylation sites is 1. The molecule has 0 saturated carbocycles. The van der Waals surface area contributed by atoms with Gasteiger partial charge >= 0.3 is 0 Å². The summed E-state index contributed by atoms with van der Waals surface area (Å²) >= 11 is 7.77. The zero-order valence-electron chi connectivity index (χ0n) is 20.8. The molecule has 1 aromatic heterocycles. The van der Waals surface area contributed by atoms with E-state index < -0.39 is 10.0 Å². The summed E-state index contributed by atoms with van der Waals surface area (Å²) in [6, 6.07) is 11.7. The van der Waals surface area contributed by atoms with Crippen LogP contribution in [0.3, 0.4) is 0 Å². The summed E-state index contributed by atoms with van der Waals surface area (Å²) in [6.45, 7) is 5.91. The van der Waals surface area contributed by atoms with E-state index in [1.807, 2.05) is 12.1 Å². The number of halogens is 2. The molecule has 0 bridgehead atoms. The lowest BCUT2D eigenvalue weighted by atomic mass is 10.2. The summed E-state index contributed by atoms with van der Waals surface area (Å²) in [5.74, 6) is -0.229. The first kappa shape index (κ1) is 29.2. The number of aromatic nitrogens is 1. The fraction of sp³-hybridized carbons (Fsp3) is 0.440. The van der Waals surface area contributed by atoms with Gasteiger partial charge in [-0.2, -0.15) is 4.31 Å². The van der Waals surface area contributed by atoms with Crippen LogP contribution in [0.4, 0.5) is 5.13 Å². The Morgan fingerprint density at radius 2 is 1.66 bits per heavy atom. The summed E-state index contributed by atoms with van der Waals surface area (Å²) in [6.07, 6.45) is 0.763. The second-order valence-corrected chi connectivity index (χ2v) is 12.2. The van der Waals surface area contributed by atoms with Gasteiger partial charge in [-0.25, -0.2) is 13.4 Å². The Morgan fingerprint density at radius 1 is 1.00 bits per heavy atom. The Hall–Kier alpha value is -1.83. The topological polar surface area (TPSA) is 92.3 Å². The minimum atomic E-state index is -3.64. The average molecular weight is 602 g/mol. The van der Waals surface area contributed by atoms with Crippen LogP contribution < -0.4 is 4.90 Å². The number of fused-ring (bicyclic) bond motifs is 1. The highest BCUT2D eigenvalue weighted by atomic mass is 35.5. The van der Waals surface area contributed by atoms with E-state index >= 15 is 0 Å². The maximum absolute atomic E-state index is 13.7. The smallest absolute Gasteiger partial charge is 0.260 e. The van der Waals surface area contributed by atoms with Crippen molar-refractivity contribution in [2.24, 2.45) is 0 Å². The summed E-state index contributed by atoms with van der Waals surface area (Å²) in [7, 11) is -3.64. The highest BCUT2D eigenvalue weighted by Crippen LogP contribution is 2.33. The van der Waals surface area contributed by atoms with Crippen molar-refractivity contribution in [2.75, 3.05) is 70.6 Å². The van der Waals surface area contributed by atoms with Crippen molar-refractivity contribution in [1.82, 2.24) is 14.2 Å². The van der Waals surface area contributed by atoms with E-state index in [0.29, 0.717) is 54.1 Å². The van der Waals surface area contributed by atoms with Crippen molar-refractivity contribution in [1.29, 1.82) is 0 Å². The highest BCUT2D eigenvalue weighted by molar-refractivity contribution is 7.89. The van der Waals surface area contributed by atoms with Gasteiger partial charge in [0, 0.05) is 44.8 Å². The zero-order chi connectivity index (χ0) is 25.8. The molecule has 206 valence electrons. The van der Waals surface area contributed by atoms with Crippen molar-refractivity contribution < 1.29 is 22.7 Å². The predicted molar refractivity (Wildman–Crippen MR) is 151 cm³/mol. The van der Waals surface area contributed by atoms with Crippen LogP contribution in [-0.4, -0.2) is 94.2 Å². The predicted octanol–water partition coefficient (Wildman–Crippen LogP) is 3.76. The molecule has 2 aliphatic rings. The SMILES string of the molecule is Cl.O=C(c1ccc(S(=O)(=O)N2CCOCC2)cc1)N(CCCN1CCOCC1)c1nc2c(Cl)cccc2s1. The number of ether oxygens (including phenoxy) is 2. The Morgan fingerprint density at radius 3 is 2.32 bits per heavy atom. The van der Waals surface area contributed by atoms with Gasteiger partial charge in [-0.05, 0) is 42.8 Å². The molecule has 5 rings (SSSR count). The molecule has 0 atom stereocenters. The largest absolute Gasteiger partial charge is 0.379 e. The van der Waals surface area contributed by atoms with E-state index in [1.54, 1.807) is 23.1 Å². The van der Waals surface area contributed by atoms with E-state index in [-0.39, 0.29) is 23.2 Å². The molecule has 2 aliphatic heterocycles. The lowest BCUT2D eigenvalue weighted by molar-refractivity contribution is 0.0376. The highest BCUT2D eigenvalue weighted by Gasteiger charge is 2.27. The molecule has 3 heterocycles. The van der Waals surface area contributed by atoms with E-state index in [9.17, 15) is 13.2 Å². The van der Waals surface area contributed by atoms with E-state index in [1.165, 1.54) is 27.8 Å². The number of rotatable bonds is 8. The van der Waals surface area contributed by atoms with Crippen LogP contribution in [-0.2, 0) is 19.5 Å². The molecule has 0 radical (unpaired) electrons. The van der Waals surface area contributed by atoms with Crippen molar-refractivity contribution in [3.8, 4) is 0 Å². The van der Waals surface area contributed by atoms with Crippen LogP contribution in [0.2, 0.25) is 5.02 Å². The van der Waals surface area contributed by atoms with Gasteiger partial charge in [0.25, 0.3) is 5.91 Å². The molecule has 0 aliphatic carbocycles. The number of benzene rings is 2. The Bertz CT molecular complexity index is 1340. The fourth-order valence-corrected chi connectivity index (χ4v) is 7.14. The van der Waals surface area contributed by atoms with Gasteiger partial charge in [0.05, 0.1) is 41.0 Å². The number of morpholine rings is 2. The maximum Gasteiger partial charge on any atom is 0.260 e.